The number of hydrogen-bond donors (Lipinski definition) is 1. The lowest BCUT2D eigenvalue weighted by Gasteiger charge is -2.36. The van der Waals surface area contributed by atoms with Gasteiger partial charge >= 0.3 is 0 Å². The van der Waals surface area contributed by atoms with Gasteiger partial charge in [-0.3, -0.25) is 9.69 Å². The van der Waals surface area contributed by atoms with Crippen LogP contribution < -0.4 is 10.3 Å². The van der Waals surface area contributed by atoms with Crippen LogP contribution in [-0.4, -0.2) is 43.2 Å². The molecular formula is C25H36N6O2. The largest absolute Gasteiger partial charge is 0.497 e. The van der Waals surface area contributed by atoms with E-state index in [0.717, 1.165) is 53.7 Å². The summed E-state index contributed by atoms with van der Waals surface area (Å²) in [6.07, 6.45) is 6.52. The molecule has 0 aliphatic heterocycles. The van der Waals surface area contributed by atoms with Gasteiger partial charge in [-0.15, -0.1) is 5.10 Å². The molecule has 8 heteroatoms. The molecule has 1 fully saturated rings. The molecule has 178 valence electrons. The Bertz CT molecular complexity index is 1150. The van der Waals surface area contributed by atoms with Crippen LogP contribution in [0.4, 0.5) is 0 Å². The van der Waals surface area contributed by atoms with E-state index >= 15 is 0 Å². The number of fused-ring (bicyclic) bond motifs is 1. The molecule has 33 heavy (non-hydrogen) atoms. The fourth-order valence-corrected chi connectivity index (χ4v) is 4.94. The Morgan fingerprint density at radius 1 is 1.24 bits per heavy atom. The van der Waals surface area contributed by atoms with Crippen molar-refractivity contribution in [3.63, 3.8) is 0 Å². The van der Waals surface area contributed by atoms with Gasteiger partial charge in [0.2, 0.25) is 0 Å². The molecule has 0 unspecified atom stereocenters. The van der Waals surface area contributed by atoms with Gasteiger partial charge in [0.25, 0.3) is 5.56 Å². The molecule has 0 saturated heterocycles. The Labute approximate surface area is 195 Å². The normalized spacial score (nSPS) is 16.1. The average molecular weight is 453 g/mol. The van der Waals surface area contributed by atoms with Crippen LogP contribution in [0.25, 0.3) is 10.9 Å². The molecule has 8 nitrogen and oxygen atoms in total. The monoisotopic (exact) mass is 452 g/mol. The SMILES string of the molecule is CC[C@@H](c1nnnn1C(C)(C)CC)N(Cc1cc2ccc(OC)cc2[nH]c1=O)C1CCCC1. The van der Waals surface area contributed by atoms with Crippen LogP contribution >= 0.6 is 0 Å². The highest BCUT2D eigenvalue weighted by atomic mass is 16.5. The molecule has 2 heterocycles. The van der Waals surface area contributed by atoms with Gasteiger partial charge in [-0.25, -0.2) is 4.68 Å². The lowest BCUT2D eigenvalue weighted by atomic mass is 10.00. The van der Waals surface area contributed by atoms with Crippen LogP contribution in [0.5, 0.6) is 5.75 Å². The molecule has 1 aliphatic rings. The number of tetrazole rings is 1. The molecule has 1 aromatic carbocycles. The van der Waals surface area contributed by atoms with Crippen LogP contribution in [0.3, 0.4) is 0 Å². The first-order chi connectivity index (χ1) is 15.9. The molecule has 1 aliphatic carbocycles. The van der Waals surface area contributed by atoms with Gasteiger partial charge in [-0.05, 0) is 73.5 Å². The molecule has 0 amide bonds. The Hall–Kier alpha value is -2.74. The van der Waals surface area contributed by atoms with E-state index < -0.39 is 0 Å². The number of pyridine rings is 1. The molecule has 2 aromatic heterocycles. The van der Waals surface area contributed by atoms with Crippen molar-refractivity contribution in [2.24, 2.45) is 0 Å². The summed E-state index contributed by atoms with van der Waals surface area (Å²) in [5, 5.41) is 13.9. The maximum absolute atomic E-state index is 13.1. The second-order valence-corrected chi connectivity index (χ2v) is 9.73. The van der Waals surface area contributed by atoms with Gasteiger partial charge < -0.3 is 9.72 Å². The fraction of sp³-hybridized carbons (Fsp3) is 0.600. The summed E-state index contributed by atoms with van der Waals surface area (Å²) >= 11 is 0. The first kappa shape index (κ1) is 23.4. The van der Waals surface area contributed by atoms with Gasteiger partial charge in [0.1, 0.15) is 5.75 Å². The minimum absolute atomic E-state index is 0.0416. The summed E-state index contributed by atoms with van der Waals surface area (Å²) in [6.45, 7) is 9.25. The summed E-state index contributed by atoms with van der Waals surface area (Å²) in [6, 6.07) is 8.26. The smallest absolute Gasteiger partial charge is 0.252 e. The highest BCUT2D eigenvalue weighted by molar-refractivity contribution is 5.80. The van der Waals surface area contributed by atoms with Crippen LogP contribution in [0.1, 0.15) is 83.6 Å². The van der Waals surface area contributed by atoms with E-state index in [4.69, 9.17) is 4.74 Å². The van der Waals surface area contributed by atoms with Crippen molar-refractivity contribution in [3.05, 3.63) is 46.0 Å². The van der Waals surface area contributed by atoms with E-state index in [0.29, 0.717) is 12.6 Å². The fourth-order valence-electron chi connectivity index (χ4n) is 4.94. The number of methoxy groups -OCH3 is 1. The molecule has 4 rings (SSSR count). The van der Waals surface area contributed by atoms with Crippen molar-refractivity contribution in [3.8, 4) is 5.75 Å². The lowest BCUT2D eigenvalue weighted by molar-refractivity contribution is 0.106. The number of nitrogens with one attached hydrogen (secondary N) is 1. The Kier molecular flexibility index (Phi) is 6.83. The second kappa shape index (κ2) is 9.63. The van der Waals surface area contributed by atoms with Gasteiger partial charge in [0, 0.05) is 24.2 Å². The number of H-pyrrole nitrogens is 1. The zero-order valence-electron chi connectivity index (χ0n) is 20.5. The molecule has 3 aromatic rings. The van der Waals surface area contributed by atoms with E-state index in [1.807, 2.05) is 28.9 Å². The number of aromatic amines is 1. The lowest BCUT2D eigenvalue weighted by Crippen LogP contribution is -2.40. The van der Waals surface area contributed by atoms with Crippen molar-refractivity contribution in [1.82, 2.24) is 30.1 Å². The molecule has 0 bridgehead atoms. The average Bonchev–Trinajstić information content (AvgIpc) is 3.52. The van der Waals surface area contributed by atoms with Crippen LogP contribution in [0, 0.1) is 0 Å². The van der Waals surface area contributed by atoms with Crippen LogP contribution in [0.2, 0.25) is 0 Å². The summed E-state index contributed by atoms with van der Waals surface area (Å²) in [4.78, 5) is 18.6. The van der Waals surface area contributed by atoms with Crippen LogP contribution in [-0.2, 0) is 12.1 Å². The number of hydrogen-bond acceptors (Lipinski definition) is 6. The molecule has 1 atom stereocenters. The summed E-state index contributed by atoms with van der Waals surface area (Å²) in [5.74, 6) is 1.62. The van der Waals surface area contributed by atoms with E-state index in [2.05, 4.69) is 53.1 Å². The highest BCUT2D eigenvalue weighted by Crippen LogP contribution is 2.35. The second-order valence-electron chi connectivity index (χ2n) is 9.73. The van der Waals surface area contributed by atoms with E-state index in [1.165, 1.54) is 12.8 Å². The van der Waals surface area contributed by atoms with E-state index in [1.54, 1.807) is 7.11 Å². The van der Waals surface area contributed by atoms with Crippen molar-refractivity contribution < 1.29 is 4.74 Å². The maximum Gasteiger partial charge on any atom is 0.252 e. The molecular weight excluding hydrogens is 416 g/mol. The zero-order chi connectivity index (χ0) is 23.6. The number of nitrogens with zero attached hydrogens (tertiary/aromatic N) is 5. The Morgan fingerprint density at radius 2 is 2.00 bits per heavy atom. The molecule has 0 spiro atoms. The summed E-state index contributed by atoms with van der Waals surface area (Å²) in [5.41, 5.74) is 1.33. The molecule has 0 radical (unpaired) electrons. The standard InChI is InChI=1S/C25H36N6O2/c1-6-22(23-27-28-29-31(23)25(3,4)7-2)30(19-10-8-9-11-19)16-18-14-17-12-13-20(33-5)15-21(17)26-24(18)32/h12-15,19,22H,6-11,16H2,1-5H3,(H,26,32)/t22-/m0/s1. The van der Waals surface area contributed by atoms with Crippen LogP contribution in [0.15, 0.2) is 29.1 Å². The number of rotatable bonds is 9. The summed E-state index contributed by atoms with van der Waals surface area (Å²) < 4.78 is 7.29. The van der Waals surface area contributed by atoms with Gasteiger partial charge in [0.05, 0.1) is 24.2 Å². The van der Waals surface area contributed by atoms with Gasteiger partial charge in [-0.2, -0.15) is 0 Å². The van der Waals surface area contributed by atoms with Gasteiger partial charge in [-0.1, -0.05) is 26.7 Å². The highest BCUT2D eigenvalue weighted by Gasteiger charge is 2.35. The topological polar surface area (TPSA) is 88.9 Å². The quantitative estimate of drug-likeness (QED) is 0.512. The van der Waals surface area contributed by atoms with E-state index in [9.17, 15) is 4.79 Å². The minimum Gasteiger partial charge on any atom is -0.497 e. The third kappa shape index (κ3) is 4.67. The first-order valence-corrected chi connectivity index (χ1v) is 12.1. The molecule has 1 N–H and O–H groups in total. The number of ether oxygens (including phenoxy) is 1. The number of aromatic nitrogens is 5. The van der Waals surface area contributed by atoms with Crippen molar-refractivity contribution in [1.29, 1.82) is 0 Å². The van der Waals surface area contributed by atoms with Crippen molar-refractivity contribution >= 4 is 10.9 Å². The Balaban J connectivity index is 1.74. The third-order valence-electron chi connectivity index (χ3n) is 7.29. The van der Waals surface area contributed by atoms with E-state index in [-0.39, 0.29) is 17.1 Å². The number of benzene rings is 1. The predicted octanol–water partition coefficient (Wildman–Crippen LogP) is 4.56. The minimum atomic E-state index is -0.174. The van der Waals surface area contributed by atoms with Crippen molar-refractivity contribution in [2.45, 2.75) is 90.4 Å². The van der Waals surface area contributed by atoms with Crippen molar-refractivity contribution in [2.75, 3.05) is 7.11 Å². The Morgan fingerprint density at radius 3 is 2.67 bits per heavy atom. The summed E-state index contributed by atoms with van der Waals surface area (Å²) in [7, 11) is 1.63. The predicted molar refractivity (Wildman–Crippen MR) is 129 cm³/mol. The maximum atomic E-state index is 13.1. The zero-order valence-corrected chi connectivity index (χ0v) is 20.5. The van der Waals surface area contributed by atoms with Gasteiger partial charge in [0.15, 0.2) is 5.82 Å². The first-order valence-electron chi connectivity index (χ1n) is 12.1. The third-order valence-corrected chi connectivity index (χ3v) is 7.29. The molecule has 1 saturated carbocycles.